The molecule has 0 bridgehead atoms. The van der Waals surface area contributed by atoms with Crippen molar-refractivity contribution >= 4 is 11.8 Å². The number of hydrogen-bond donors (Lipinski definition) is 1. The zero-order chi connectivity index (χ0) is 13.6. The molecule has 1 saturated carbocycles. The maximum absolute atomic E-state index is 3.91. The molecule has 2 rings (SSSR count). The first-order chi connectivity index (χ1) is 9.29. The van der Waals surface area contributed by atoms with Crippen LogP contribution in [-0.2, 0) is 0 Å². The SMILES string of the molecule is CCCC1CNC2(CCCC2)CN1CCCSCC. The largest absolute Gasteiger partial charge is 0.308 e. The lowest BCUT2D eigenvalue weighted by atomic mass is 9.91. The van der Waals surface area contributed by atoms with Crippen molar-refractivity contribution in [2.75, 3.05) is 31.1 Å². The van der Waals surface area contributed by atoms with Crippen LogP contribution in [0, 0.1) is 0 Å². The molecule has 1 atom stereocenters. The van der Waals surface area contributed by atoms with Gasteiger partial charge >= 0.3 is 0 Å². The molecule has 1 aliphatic carbocycles. The zero-order valence-electron chi connectivity index (χ0n) is 12.9. The van der Waals surface area contributed by atoms with E-state index < -0.39 is 0 Å². The Morgan fingerprint density at radius 3 is 2.74 bits per heavy atom. The summed E-state index contributed by atoms with van der Waals surface area (Å²) in [7, 11) is 0. The van der Waals surface area contributed by atoms with Gasteiger partial charge in [-0.3, -0.25) is 4.90 Å². The normalized spacial score (nSPS) is 27.2. The van der Waals surface area contributed by atoms with Crippen LogP contribution >= 0.6 is 11.8 Å². The topological polar surface area (TPSA) is 15.3 Å². The second kappa shape index (κ2) is 7.90. The number of rotatable bonds is 7. The second-order valence-electron chi connectivity index (χ2n) is 6.33. The lowest BCUT2D eigenvalue weighted by molar-refractivity contribution is 0.0759. The van der Waals surface area contributed by atoms with Gasteiger partial charge in [-0.1, -0.05) is 33.1 Å². The van der Waals surface area contributed by atoms with Crippen LogP contribution in [0.5, 0.6) is 0 Å². The van der Waals surface area contributed by atoms with Gasteiger partial charge < -0.3 is 5.32 Å². The van der Waals surface area contributed by atoms with E-state index in [0.29, 0.717) is 5.54 Å². The molecule has 1 heterocycles. The van der Waals surface area contributed by atoms with Crippen molar-refractivity contribution in [3.8, 4) is 0 Å². The molecule has 2 fully saturated rings. The van der Waals surface area contributed by atoms with Crippen LogP contribution in [0.3, 0.4) is 0 Å². The van der Waals surface area contributed by atoms with Crippen LogP contribution in [0.1, 0.15) is 58.8 Å². The number of nitrogens with one attached hydrogen (secondary N) is 1. The fourth-order valence-electron chi connectivity index (χ4n) is 3.82. The number of thioether (sulfide) groups is 1. The summed E-state index contributed by atoms with van der Waals surface area (Å²) < 4.78 is 0. The predicted octanol–water partition coefficient (Wildman–Crippen LogP) is 3.52. The zero-order valence-corrected chi connectivity index (χ0v) is 13.7. The van der Waals surface area contributed by atoms with E-state index in [1.807, 2.05) is 0 Å². The molecule has 3 heteroatoms. The van der Waals surface area contributed by atoms with Crippen molar-refractivity contribution in [2.45, 2.75) is 70.4 Å². The minimum Gasteiger partial charge on any atom is -0.308 e. The van der Waals surface area contributed by atoms with E-state index in [4.69, 9.17) is 0 Å². The standard InChI is InChI=1S/C16H32N2S/c1-3-8-15-13-17-16(9-5-6-10-16)14-18(15)11-7-12-19-4-2/h15,17H,3-14H2,1-2H3. The van der Waals surface area contributed by atoms with Gasteiger partial charge in [0.25, 0.3) is 0 Å². The van der Waals surface area contributed by atoms with Crippen molar-refractivity contribution in [1.82, 2.24) is 10.2 Å². The lowest BCUT2D eigenvalue weighted by Crippen LogP contribution is -2.63. The number of piperazine rings is 1. The van der Waals surface area contributed by atoms with E-state index in [1.165, 1.54) is 76.1 Å². The van der Waals surface area contributed by atoms with Crippen LogP contribution in [0.25, 0.3) is 0 Å². The van der Waals surface area contributed by atoms with Gasteiger partial charge in [-0.25, -0.2) is 0 Å². The van der Waals surface area contributed by atoms with Gasteiger partial charge in [0.2, 0.25) is 0 Å². The summed E-state index contributed by atoms with van der Waals surface area (Å²) in [5.74, 6) is 2.61. The Morgan fingerprint density at radius 2 is 2.05 bits per heavy atom. The van der Waals surface area contributed by atoms with E-state index in [9.17, 15) is 0 Å². The molecule has 2 aliphatic rings. The van der Waals surface area contributed by atoms with Crippen LogP contribution < -0.4 is 5.32 Å². The van der Waals surface area contributed by atoms with E-state index >= 15 is 0 Å². The highest BCUT2D eigenvalue weighted by Crippen LogP contribution is 2.33. The van der Waals surface area contributed by atoms with E-state index in [1.54, 1.807) is 0 Å². The molecular weight excluding hydrogens is 252 g/mol. The van der Waals surface area contributed by atoms with Crippen molar-refractivity contribution in [3.05, 3.63) is 0 Å². The molecule has 112 valence electrons. The highest BCUT2D eigenvalue weighted by molar-refractivity contribution is 7.99. The molecule has 1 unspecified atom stereocenters. The highest BCUT2D eigenvalue weighted by atomic mass is 32.2. The van der Waals surface area contributed by atoms with Gasteiger partial charge in [-0.15, -0.1) is 0 Å². The molecule has 19 heavy (non-hydrogen) atoms. The van der Waals surface area contributed by atoms with E-state index in [-0.39, 0.29) is 0 Å². The molecule has 0 aromatic carbocycles. The molecule has 1 saturated heterocycles. The number of nitrogens with zero attached hydrogens (tertiary/aromatic N) is 1. The molecule has 2 nitrogen and oxygen atoms in total. The van der Waals surface area contributed by atoms with Crippen molar-refractivity contribution < 1.29 is 0 Å². The first-order valence-electron chi connectivity index (χ1n) is 8.36. The Morgan fingerprint density at radius 1 is 1.26 bits per heavy atom. The monoisotopic (exact) mass is 284 g/mol. The molecular formula is C16H32N2S. The second-order valence-corrected chi connectivity index (χ2v) is 7.73. The summed E-state index contributed by atoms with van der Waals surface area (Å²) in [4.78, 5) is 2.82. The Hall–Kier alpha value is 0.270. The van der Waals surface area contributed by atoms with Gasteiger partial charge in [0, 0.05) is 24.7 Å². The minimum atomic E-state index is 0.488. The summed E-state index contributed by atoms with van der Waals surface area (Å²) in [6.45, 7) is 8.46. The Balaban J connectivity index is 1.84. The molecule has 1 spiro atoms. The molecule has 1 aliphatic heterocycles. The Bertz CT molecular complexity index is 251. The van der Waals surface area contributed by atoms with Gasteiger partial charge in [0.15, 0.2) is 0 Å². The minimum absolute atomic E-state index is 0.488. The number of hydrogen-bond acceptors (Lipinski definition) is 3. The summed E-state index contributed by atoms with van der Waals surface area (Å²) >= 11 is 2.09. The van der Waals surface area contributed by atoms with Crippen molar-refractivity contribution in [2.24, 2.45) is 0 Å². The fourth-order valence-corrected chi connectivity index (χ4v) is 4.44. The first-order valence-corrected chi connectivity index (χ1v) is 9.52. The average Bonchev–Trinajstić information content (AvgIpc) is 2.86. The smallest absolute Gasteiger partial charge is 0.0309 e. The van der Waals surface area contributed by atoms with Gasteiger partial charge in [0.1, 0.15) is 0 Å². The summed E-state index contributed by atoms with van der Waals surface area (Å²) in [5.41, 5.74) is 0.488. The lowest BCUT2D eigenvalue weighted by Gasteiger charge is -2.46. The van der Waals surface area contributed by atoms with Crippen LogP contribution in [0.2, 0.25) is 0 Å². The molecule has 1 N–H and O–H groups in total. The molecule has 0 amide bonds. The third-order valence-corrected chi connectivity index (χ3v) is 5.84. The van der Waals surface area contributed by atoms with Gasteiger partial charge in [-0.2, -0.15) is 11.8 Å². The maximum Gasteiger partial charge on any atom is 0.0309 e. The molecule has 0 aromatic rings. The maximum atomic E-state index is 3.91. The average molecular weight is 285 g/mol. The fraction of sp³-hybridized carbons (Fsp3) is 1.00. The van der Waals surface area contributed by atoms with Crippen molar-refractivity contribution in [3.63, 3.8) is 0 Å². The quantitative estimate of drug-likeness (QED) is 0.720. The molecule has 0 aromatic heterocycles. The Kier molecular flexibility index (Phi) is 6.51. The van der Waals surface area contributed by atoms with Gasteiger partial charge in [0.05, 0.1) is 0 Å². The third-order valence-electron chi connectivity index (χ3n) is 4.86. The summed E-state index contributed by atoms with van der Waals surface area (Å²) in [5, 5.41) is 3.91. The first kappa shape index (κ1) is 15.7. The van der Waals surface area contributed by atoms with Crippen molar-refractivity contribution in [1.29, 1.82) is 0 Å². The molecule has 0 radical (unpaired) electrons. The highest BCUT2D eigenvalue weighted by Gasteiger charge is 2.40. The third kappa shape index (κ3) is 4.37. The summed E-state index contributed by atoms with van der Waals surface area (Å²) in [6.07, 6.45) is 9.74. The van der Waals surface area contributed by atoms with Crippen LogP contribution in [-0.4, -0.2) is 47.6 Å². The predicted molar refractivity (Wildman–Crippen MR) is 87.1 cm³/mol. The van der Waals surface area contributed by atoms with E-state index in [2.05, 4.69) is 35.8 Å². The van der Waals surface area contributed by atoms with Gasteiger partial charge in [-0.05, 0) is 43.7 Å². The van der Waals surface area contributed by atoms with Crippen LogP contribution in [0.15, 0.2) is 0 Å². The van der Waals surface area contributed by atoms with E-state index in [0.717, 1.165) is 6.04 Å². The Labute approximate surface area is 124 Å². The summed E-state index contributed by atoms with van der Waals surface area (Å²) in [6, 6.07) is 0.794. The van der Waals surface area contributed by atoms with Crippen LogP contribution in [0.4, 0.5) is 0 Å².